The van der Waals surface area contributed by atoms with Gasteiger partial charge in [0.2, 0.25) is 0 Å². The monoisotopic (exact) mass is 183 g/mol. The molecule has 4 nitrogen and oxygen atoms in total. The van der Waals surface area contributed by atoms with Crippen molar-refractivity contribution >= 4 is 6.03 Å². The summed E-state index contributed by atoms with van der Waals surface area (Å²) in [6.07, 6.45) is 4.40. The maximum absolute atomic E-state index is 11.2. The van der Waals surface area contributed by atoms with E-state index in [0.29, 0.717) is 18.0 Å². The number of urea groups is 1. The third kappa shape index (κ3) is 2.59. The summed E-state index contributed by atoms with van der Waals surface area (Å²) < 4.78 is 0. The van der Waals surface area contributed by atoms with Crippen LogP contribution in [0.3, 0.4) is 0 Å². The van der Waals surface area contributed by atoms with Crippen LogP contribution in [-0.4, -0.2) is 24.7 Å². The highest BCUT2D eigenvalue weighted by atomic mass is 16.2. The molecule has 13 heavy (non-hydrogen) atoms. The summed E-state index contributed by atoms with van der Waals surface area (Å²) in [5.74, 6) is 0.611. The Morgan fingerprint density at radius 2 is 2.08 bits per heavy atom. The van der Waals surface area contributed by atoms with E-state index in [4.69, 9.17) is 5.73 Å². The van der Waals surface area contributed by atoms with Gasteiger partial charge in [-0.05, 0) is 31.6 Å². The van der Waals surface area contributed by atoms with Crippen LogP contribution in [-0.2, 0) is 0 Å². The van der Waals surface area contributed by atoms with Crippen LogP contribution >= 0.6 is 0 Å². The van der Waals surface area contributed by atoms with Gasteiger partial charge in [-0.2, -0.15) is 0 Å². The Labute approximate surface area is 78.2 Å². The summed E-state index contributed by atoms with van der Waals surface area (Å²) in [5.41, 5.74) is 5.64. The third-order valence-corrected chi connectivity index (χ3v) is 2.74. The van der Waals surface area contributed by atoms with E-state index in [1.54, 1.807) is 0 Å². The molecule has 2 amide bonds. The number of nitrogens with two attached hydrogens (primary N) is 1. The zero-order chi connectivity index (χ0) is 9.26. The van der Waals surface area contributed by atoms with Crippen molar-refractivity contribution in [1.82, 2.24) is 10.6 Å². The lowest BCUT2D eigenvalue weighted by Gasteiger charge is -2.32. The van der Waals surface area contributed by atoms with Crippen LogP contribution in [0.5, 0.6) is 0 Å². The number of hydrogen-bond donors (Lipinski definition) is 3. The second-order valence-corrected chi connectivity index (χ2v) is 4.23. The Kier molecular flexibility index (Phi) is 2.40. The molecular formula is C9H17N3O. The molecule has 0 atom stereocenters. The lowest BCUT2D eigenvalue weighted by Crippen LogP contribution is -2.45. The Morgan fingerprint density at radius 3 is 2.62 bits per heavy atom. The lowest BCUT2D eigenvalue weighted by atomic mass is 9.81. The van der Waals surface area contributed by atoms with Gasteiger partial charge in [0.25, 0.3) is 0 Å². The van der Waals surface area contributed by atoms with Gasteiger partial charge in [0.05, 0.1) is 0 Å². The highest BCUT2D eigenvalue weighted by Crippen LogP contribution is 2.24. The van der Waals surface area contributed by atoms with Gasteiger partial charge in [-0.15, -0.1) is 0 Å². The molecule has 4 heteroatoms. The van der Waals surface area contributed by atoms with E-state index in [9.17, 15) is 4.79 Å². The normalized spacial score (nSPS) is 32.1. The van der Waals surface area contributed by atoms with E-state index >= 15 is 0 Å². The summed E-state index contributed by atoms with van der Waals surface area (Å²) in [6.45, 7) is 0.784. The van der Waals surface area contributed by atoms with Gasteiger partial charge in [0, 0.05) is 18.6 Å². The molecule has 74 valence electrons. The standard InChI is InChI=1S/C9H17N3O/c10-7-3-6(4-7)5-11-9(13)12-8-1-2-8/h6-8H,1-5,10H2,(H2,11,12,13). The van der Waals surface area contributed by atoms with E-state index in [0.717, 1.165) is 32.2 Å². The van der Waals surface area contributed by atoms with Crippen molar-refractivity contribution in [1.29, 1.82) is 0 Å². The largest absolute Gasteiger partial charge is 0.338 e. The van der Waals surface area contributed by atoms with E-state index in [-0.39, 0.29) is 6.03 Å². The van der Waals surface area contributed by atoms with Crippen molar-refractivity contribution in [3.63, 3.8) is 0 Å². The average Bonchev–Trinajstić information content (AvgIpc) is 2.79. The maximum atomic E-state index is 11.2. The van der Waals surface area contributed by atoms with Crippen LogP contribution in [0.15, 0.2) is 0 Å². The Balaban J connectivity index is 1.54. The molecule has 2 aliphatic carbocycles. The molecule has 0 saturated heterocycles. The maximum Gasteiger partial charge on any atom is 0.315 e. The fourth-order valence-corrected chi connectivity index (χ4v) is 1.66. The number of carbonyl (C=O) groups excluding carboxylic acids is 1. The van der Waals surface area contributed by atoms with Crippen LogP contribution in [0, 0.1) is 5.92 Å². The summed E-state index contributed by atoms with van der Waals surface area (Å²) in [4.78, 5) is 11.2. The fraction of sp³-hybridized carbons (Fsp3) is 0.889. The molecule has 2 fully saturated rings. The average molecular weight is 183 g/mol. The minimum absolute atomic E-state index is 0.0111. The minimum atomic E-state index is -0.0111. The van der Waals surface area contributed by atoms with Crippen LogP contribution in [0.2, 0.25) is 0 Å². The van der Waals surface area contributed by atoms with E-state index in [1.165, 1.54) is 0 Å². The van der Waals surface area contributed by atoms with Crippen molar-refractivity contribution < 1.29 is 4.79 Å². The Bertz CT molecular complexity index is 197. The minimum Gasteiger partial charge on any atom is -0.338 e. The molecular weight excluding hydrogens is 166 g/mol. The number of hydrogen-bond acceptors (Lipinski definition) is 2. The van der Waals surface area contributed by atoms with Crippen LogP contribution < -0.4 is 16.4 Å². The molecule has 2 saturated carbocycles. The highest BCUT2D eigenvalue weighted by Gasteiger charge is 2.27. The number of carbonyl (C=O) groups is 1. The number of amides is 2. The van der Waals surface area contributed by atoms with Crippen molar-refractivity contribution in [2.45, 2.75) is 37.8 Å². The quantitative estimate of drug-likeness (QED) is 0.584. The Morgan fingerprint density at radius 1 is 1.38 bits per heavy atom. The SMILES string of the molecule is NC1CC(CNC(=O)NC2CC2)C1. The molecule has 0 aromatic rings. The molecule has 0 unspecified atom stereocenters. The van der Waals surface area contributed by atoms with E-state index in [1.807, 2.05) is 0 Å². The summed E-state index contributed by atoms with van der Waals surface area (Å²) in [6, 6.07) is 0.810. The van der Waals surface area contributed by atoms with Crippen molar-refractivity contribution in [3.05, 3.63) is 0 Å². The molecule has 0 radical (unpaired) electrons. The van der Waals surface area contributed by atoms with Crippen molar-refractivity contribution in [2.24, 2.45) is 11.7 Å². The molecule has 4 N–H and O–H groups in total. The van der Waals surface area contributed by atoms with Gasteiger partial charge in [-0.3, -0.25) is 0 Å². The second-order valence-electron chi connectivity index (χ2n) is 4.23. The predicted molar refractivity (Wildman–Crippen MR) is 50.3 cm³/mol. The first-order chi connectivity index (χ1) is 6.24. The summed E-state index contributed by atoms with van der Waals surface area (Å²) in [7, 11) is 0. The molecule has 0 spiro atoms. The number of nitrogens with one attached hydrogen (secondary N) is 2. The second kappa shape index (κ2) is 3.54. The first-order valence-electron chi connectivity index (χ1n) is 5.04. The fourth-order valence-electron chi connectivity index (χ4n) is 1.66. The lowest BCUT2D eigenvalue weighted by molar-refractivity contribution is 0.225. The van der Waals surface area contributed by atoms with Gasteiger partial charge in [-0.1, -0.05) is 0 Å². The summed E-state index contributed by atoms with van der Waals surface area (Å²) >= 11 is 0. The topological polar surface area (TPSA) is 67.1 Å². The van der Waals surface area contributed by atoms with Crippen molar-refractivity contribution in [2.75, 3.05) is 6.54 Å². The zero-order valence-electron chi connectivity index (χ0n) is 7.75. The van der Waals surface area contributed by atoms with E-state index in [2.05, 4.69) is 10.6 Å². The molecule has 0 aromatic heterocycles. The van der Waals surface area contributed by atoms with Gasteiger partial charge in [-0.25, -0.2) is 4.79 Å². The molecule has 0 heterocycles. The Hall–Kier alpha value is -0.770. The van der Waals surface area contributed by atoms with Gasteiger partial charge in [0.1, 0.15) is 0 Å². The predicted octanol–water partition coefficient (Wildman–Crippen LogP) is 0.185. The van der Waals surface area contributed by atoms with Crippen molar-refractivity contribution in [3.8, 4) is 0 Å². The van der Waals surface area contributed by atoms with Gasteiger partial charge in [0.15, 0.2) is 0 Å². The van der Waals surface area contributed by atoms with E-state index < -0.39 is 0 Å². The molecule has 0 aliphatic heterocycles. The molecule has 0 bridgehead atoms. The van der Waals surface area contributed by atoms with Gasteiger partial charge >= 0.3 is 6.03 Å². The third-order valence-electron chi connectivity index (χ3n) is 2.74. The first-order valence-corrected chi connectivity index (χ1v) is 5.04. The molecule has 2 rings (SSSR count). The number of rotatable bonds is 3. The molecule has 0 aromatic carbocycles. The highest BCUT2D eigenvalue weighted by molar-refractivity contribution is 5.74. The smallest absolute Gasteiger partial charge is 0.315 e. The van der Waals surface area contributed by atoms with Crippen LogP contribution in [0.1, 0.15) is 25.7 Å². The molecule has 2 aliphatic rings. The van der Waals surface area contributed by atoms with Crippen LogP contribution in [0.25, 0.3) is 0 Å². The zero-order valence-corrected chi connectivity index (χ0v) is 7.75. The van der Waals surface area contributed by atoms with Crippen LogP contribution in [0.4, 0.5) is 4.79 Å². The van der Waals surface area contributed by atoms with Gasteiger partial charge < -0.3 is 16.4 Å². The summed E-state index contributed by atoms with van der Waals surface area (Å²) in [5, 5.41) is 5.76. The first kappa shape index (κ1) is 8.81.